The van der Waals surface area contributed by atoms with E-state index >= 15 is 0 Å². The van der Waals surface area contributed by atoms with E-state index in [1.165, 1.54) is 13.2 Å². The van der Waals surface area contributed by atoms with Crippen LogP contribution in [0.3, 0.4) is 0 Å². The first-order chi connectivity index (χ1) is 13.5. The molecule has 1 saturated heterocycles. The Kier molecular flexibility index (Phi) is 5.59. The average molecular weight is 381 g/mol. The third-order valence-electron chi connectivity index (χ3n) is 4.01. The van der Waals surface area contributed by atoms with E-state index in [1.54, 1.807) is 18.2 Å². The molecule has 0 aliphatic carbocycles. The first kappa shape index (κ1) is 19.0. The van der Waals surface area contributed by atoms with Crippen molar-refractivity contribution in [3.8, 4) is 11.5 Å². The Morgan fingerprint density at radius 3 is 2.57 bits per heavy atom. The molecule has 2 aromatic rings. The first-order valence-corrected chi connectivity index (χ1v) is 8.37. The van der Waals surface area contributed by atoms with E-state index in [0.717, 1.165) is 10.5 Å². The van der Waals surface area contributed by atoms with Gasteiger partial charge in [0.05, 0.1) is 19.6 Å². The number of amides is 3. The Hall–Kier alpha value is -3.81. The number of hydrogen-bond donors (Lipinski definition) is 1. The highest BCUT2D eigenvalue weighted by atomic mass is 16.5. The van der Waals surface area contributed by atoms with E-state index in [4.69, 9.17) is 9.47 Å². The maximum atomic E-state index is 12.7. The summed E-state index contributed by atoms with van der Waals surface area (Å²) >= 11 is 0. The standard InChI is InChI=1S/C20H18N2O6/c1-27-16-9-5-8-14(18(16)28-12-17(23)24)10-15-19(25)22(20(26)21-15)11-13-6-3-2-4-7-13/h2-10H,11-12H2,1H3,(H,21,26)(H,23,24)/p-1/b15-10+. The molecule has 0 atom stereocenters. The van der Waals surface area contributed by atoms with Crippen LogP contribution in [0.15, 0.2) is 54.2 Å². The van der Waals surface area contributed by atoms with E-state index in [1.807, 2.05) is 30.3 Å². The second-order valence-corrected chi connectivity index (χ2v) is 5.90. The Morgan fingerprint density at radius 2 is 1.89 bits per heavy atom. The van der Waals surface area contributed by atoms with Crippen LogP contribution in [-0.4, -0.2) is 36.5 Å². The molecule has 0 saturated carbocycles. The summed E-state index contributed by atoms with van der Waals surface area (Å²) in [5.74, 6) is -1.48. The van der Waals surface area contributed by atoms with Crippen LogP contribution >= 0.6 is 0 Å². The number of carboxylic acids is 1. The molecule has 0 unspecified atom stereocenters. The van der Waals surface area contributed by atoms with Crippen LogP contribution in [0.4, 0.5) is 4.79 Å². The number of hydrogen-bond acceptors (Lipinski definition) is 6. The fraction of sp³-hybridized carbons (Fsp3) is 0.150. The zero-order valence-corrected chi connectivity index (χ0v) is 15.0. The molecule has 1 fully saturated rings. The number of ether oxygens (including phenoxy) is 2. The van der Waals surface area contributed by atoms with Gasteiger partial charge in [0.25, 0.3) is 5.91 Å². The number of carbonyl (C=O) groups excluding carboxylic acids is 3. The summed E-state index contributed by atoms with van der Waals surface area (Å²) < 4.78 is 10.4. The molecule has 0 bridgehead atoms. The van der Waals surface area contributed by atoms with Gasteiger partial charge in [0.2, 0.25) is 0 Å². The Bertz CT molecular complexity index is 939. The van der Waals surface area contributed by atoms with Crippen molar-refractivity contribution in [1.29, 1.82) is 0 Å². The molecule has 8 heteroatoms. The highest BCUT2D eigenvalue weighted by molar-refractivity contribution is 6.14. The van der Waals surface area contributed by atoms with Gasteiger partial charge in [-0.15, -0.1) is 0 Å². The molecular weight excluding hydrogens is 364 g/mol. The number of nitrogens with one attached hydrogen (secondary N) is 1. The van der Waals surface area contributed by atoms with Gasteiger partial charge in [-0.1, -0.05) is 42.5 Å². The van der Waals surface area contributed by atoms with Crippen molar-refractivity contribution < 1.29 is 29.0 Å². The lowest BCUT2D eigenvalue weighted by atomic mass is 10.1. The summed E-state index contributed by atoms with van der Waals surface area (Å²) in [6.07, 6.45) is 1.42. The lowest BCUT2D eigenvalue weighted by molar-refractivity contribution is -0.307. The summed E-state index contributed by atoms with van der Waals surface area (Å²) in [7, 11) is 1.40. The van der Waals surface area contributed by atoms with Gasteiger partial charge in [0, 0.05) is 5.56 Å². The molecule has 0 radical (unpaired) electrons. The maximum absolute atomic E-state index is 12.7. The van der Waals surface area contributed by atoms with E-state index in [0.29, 0.717) is 5.56 Å². The largest absolute Gasteiger partial charge is 0.546 e. The number of para-hydroxylation sites is 1. The SMILES string of the molecule is COc1cccc(/C=C2/NC(=O)N(Cc3ccccc3)C2=O)c1OCC(=O)[O-]. The van der Waals surface area contributed by atoms with E-state index in [9.17, 15) is 19.5 Å². The number of nitrogens with zero attached hydrogens (tertiary/aromatic N) is 1. The molecule has 28 heavy (non-hydrogen) atoms. The smallest absolute Gasteiger partial charge is 0.329 e. The monoisotopic (exact) mass is 381 g/mol. The molecule has 8 nitrogen and oxygen atoms in total. The van der Waals surface area contributed by atoms with E-state index in [2.05, 4.69) is 5.32 Å². The predicted octanol–water partition coefficient (Wildman–Crippen LogP) is 0.917. The number of methoxy groups -OCH3 is 1. The van der Waals surface area contributed by atoms with Crippen molar-refractivity contribution >= 4 is 24.0 Å². The van der Waals surface area contributed by atoms with Crippen LogP contribution in [0.5, 0.6) is 11.5 Å². The van der Waals surface area contributed by atoms with Gasteiger partial charge in [0.15, 0.2) is 11.5 Å². The quantitative estimate of drug-likeness (QED) is 0.564. The van der Waals surface area contributed by atoms with E-state index < -0.39 is 24.5 Å². The first-order valence-electron chi connectivity index (χ1n) is 8.37. The Morgan fingerprint density at radius 1 is 1.14 bits per heavy atom. The topological polar surface area (TPSA) is 108 Å². The number of imide groups is 1. The molecular formula is C20H17N2O6-. The lowest BCUT2D eigenvalue weighted by Crippen LogP contribution is -2.30. The van der Waals surface area contributed by atoms with Crippen LogP contribution in [0.1, 0.15) is 11.1 Å². The predicted molar refractivity (Wildman–Crippen MR) is 97.0 cm³/mol. The van der Waals surface area contributed by atoms with Crippen molar-refractivity contribution in [3.63, 3.8) is 0 Å². The lowest BCUT2D eigenvalue weighted by Gasteiger charge is -2.14. The van der Waals surface area contributed by atoms with Gasteiger partial charge in [0.1, 0.15) is 12.3 Å². The van der Waals surface area contributed by atoms with Crippen molar-refractivity contribution in [1.82, 2.24) is 10.2 Å². The molecule has 1 aliphatic heterocycles. The van der Waals surface area contributed by atoms with Gasteiger partial charge in [-0.3, -0.25) is 9.69 Å². The third-order valence-corrected chi connectivity index (χ3v) is 4.01. The molecule has 144 valence electrons. The fourth-order valence-electron chi connectivity index (χ4n) is 2.73. The number of aliphatic carboxylic acids is 1. The normalized spacial score (nSPS) is 14.9. The summed E-state index contributed by atoms with van der Waals surface area (Å²) in [4.78, 5) is 36.7. The van der Waals surface area contributed by atoms with Crippen LogP contribution in [0, 0.1) is 0 Å². The van der Waals surface area contributed by atoms with Crippen molar-refractivity contribution in [2.24, 2.45) is 0 Å². The van der Waals surface area contributed by atoms with E-state index in [-0.39, 0.29) is 23.7 Å². The zero-order chi connectivity index (χ0) is 20.1. The number of urea groups is 1. The van der Waals surface area contributed by atoms with Gasteiger partial charge >= 0.3 is 6.03 Å². The fourth-order valence-corrected chi connectivity index (χ4v) is 2.73. The van der Waals surface area contributed by atoms with Gasteiger partial charge in [-0.25, -0.2) is 4.79 Å². The molecule has 2 aromatic carbocycles. The highest BCUT2D eigenvalue weighted by Crippen LogP contribution is 2.33. The minimum absolute atomic E-state index is 0.0486. The Balaban J connectivity index is 1.88. The molecule has 0 aromatic heterocycles. The number of rotatable bonds is 7. The second kappa shape index (κ2) is 8.26. The minimum atomic E-state index is -1.40. The molecule has 1 aliphatic rings. The van der Waals surface area contributed by atoms with Crippen LogP contribution in [0.25, 0.3) is 6.08 Å². The summed E-state index contributed by atoms with van der Waals surface area (Å²) in [5, 5.41) is 13.3. The van der Waals surface area contributed by atoms with Gasteiger partial charge in [-0.2, -0.15) is 0 Å². The van der Waals surface area contributed by atoms with Crippen molar-refractivity contribution in [2.45, 2.75) is 6.54 Å². The number of carbonyl (C=O) groups is 3. The minimum Gasteiger partial charge on any atom is -0.546 e. The summed E-state index contributed by atoms with van der Waals surface area (Å²) in [6.45, 7) is -0.550. The number of benzene rings is 2. The summed E-state index contributed by atoms with van der Waals surface area (Å²) in [5.41, 5.74) is 1.24. The second-order valence-electron chi connectivity index (χ2n) is 5.90. The van der Waals surface area contributed by atoms with Gasteiger partial charge in [-0.05, 0) is 17.7 Å². The zero-order valence-electron chi connectivity index (χ0n) is 15.0. The Labute approximate surface area is 161 Å². The maximum Gasteiger partial charge on any atom is 0.329 e. The molecule has 3 rings (SSSR count). The molecule has 0 spiro atoms. The highest BCUT2D eigenvalue weighted by Gasteiger charge is 2.33. The number of carboxylic acid groups (broad SMARTS) is 1. The van der Waals surface area contributed by atoms with Crippen LogP contribution in [-0.2, 0) is 16.1 Å². The summed E-state index contributed by atoms with van der Waals surface area (Å²) in [6, 6.07) is 13.4. The molecule has 1 heterocycles. The molecule has 1 N–H and O–H groups in total. The average Bonchev–Trinajstić information content (AvgIpc) is 2.95. The van der Waals surface area contributed by atoms with Crippen molar-refractivity contribution in [2.75, 3.05) is 13.7 Å². The van der Waals surface area contributed by atoms with Crippen LogP contribution in [0.2, 0.25) is 0 Å². The van der Waals surface area contributed by atoms with Gasteiger partial charge < -0.3 is 24.7 Å². The van der Waals surface area contributed by atoms with Crippen LogP contribution < -0.4 is 19.9 Å². The van der Waals surface area contributed by atoms with Crippen molar-refractivity contribution in [3.05, 3.63) is 65.4 Å². The third kappa shape index (κ3) is 4.12. The molecule has 3 amide bonds.